The smallest absolute Gasteiger partial charge is 0.338 e. The molecule has 1 saturated heterocycles. The molecule has 174 valence electrons. The van der Waals surface area contributed by atoms with E-state index in [1.807, 2.05) is 54.6 Å². The van der Waals surface area contributed by atoms with Gasteiger partial charge in [-0.1, -0.05) is 54.2 Å². The first-order chi connectivity index (χ1) is 16.5. The van der Waals surface area contributed by atoms with Crippen LogP contribution < -0.4 is 9.47 Å². The van der Waals surface area contributed by atoms with E-state index < -0.39 is 12.1 Å². The summed E-state index contributed by atoms with van der Waals surface area (Å²) in [6.07, 6.45) is -0.124. The normalized spacial score (nSPS) is 16.2. The average Bonchev–Trinajstić information content (AvgIpc) is 3.19. The van der Waals surface area contributed by atoms with Crippen LogP contribution in [0.4, 0.5) is 0 Å². The summed E-state index contributed by atoms with van der Waals surface area (Å²) in [4.78, 5) is 36.0. The second kappa shape index (κ2) is 11.0. The van der Waals surface area contributed by atoms with Crippen molar-refractivity contribution in [2.75, 3.05) is 13.7 Å². The zero-order chi connectivity index (χ0) is 23.9. The molecule has 0 aliphatic carbocycles. The number of carbonyl (C=O) groups excluding carboxylic acids is 3. The van der Waals surface area contributed by atoms with Gasteiger partial charge in [-0.3, -0.25) is 9.59 Å². The number of carbonyl (C=O) groups is 3. The van der Waals surface area contributed by atoms with Crippen LogP contribution in [-0.2, 0) is 20.7 Å². The Balaban J connectivity index is 1.44. The van der Waals surface area contributed by atoms with Crippen LogP contribution in [-0.4, -0.2) is 35.8 Å². The van der Waals surface area contributed by atoms with Gasteiger partial charge in [0.25, 0.3) is 0 Å². The standard InChI is InChI=1S/C27H24O6S/c1-31-22-9-5-8-20(15-22)24(33-27(30)19-6-3-2-4-7-19)17-32-21-12-10-18(11-13-21)14-25-23(28)16-26(29)34-25/h2-13,15,24-25H,14,16-17H2,1H3/t24-,25?/m1/s1. The lowest BCUT2D eigenvalue weighted by Crippen LogP contribution is -2.18. The molecule has 4 rings (SSSR count). The first-order valence-electron chi connectivity index (χ1n) is 10.9. The molecule has 3 aromatic rings. The highest BCUT2D eigenvalue weighted by Crippen LogP contribution is 2.29. The highest BCUT2D eigenvalue weighted by Gasteiger charge is 2.31. The summed E-state index contributed by atoms with van der Waals surface area (Å²) in [5.74, 6) is 0.798. The Morgan fingerprint density at radius 1 is 0.971 bits per heavy atom. The van der Waals surface area contributed by atoms with Crippen molar-refractivity contribution in [3.8, 4) is 11.5 Å². The molecular weight excluding hydrogens is 452 g/mol. The Hall–Kier alpha value is -3.58. The summed E-state index contributed by atoms with van der Waals surface area (Å²) in [6.45, 7) is 0.108. The van der Waals surface area contributed by atoms with Crippen LogP contribution in [0.25, 0.3) is 0 Å². The maximum Gasteiger partial charge on any atom is 0.338 e. The Kier molecular flexibility index (Phi) is 7.65. The average molecular weight is 477 g/mol. The molecule has 1 aliphatic rings. The number of methoxy groups -OCH3 is 1. The maximum atomic E-state index is 12.7. The predicted molar refractivity (Wildman–Crippen MR) is 129 cm³/mol. The highest BCUT2D eigenvalue weighted by atomic mass is 32.2. The quantitative estimate of drug-likeness (QED) is 0.324. The van der Waals surface area contributed by atoms with Gasteiger partial charge in [-0.05, 0) is 53.9 Å². The van der Waals surface area contributed by atoms with Gasteiger partial charge in [0.2, 0.25) is 0 Å². The number of hydrogen-bond donors (Lipinski definition) is 0. The van der Waals surface area contributed by atoms with Crippen LogP contribution in [0.15, 0.2) is 78.9 Å². The number of ketones is 1. The van der Waals surface area contributed by atoms with Crippen molar-refractivity contribution in [1.82, 2.24) is 0 Å². The van der Waals surface area contributed by atoms with Crippen molar-refractivity contribution in [3.05, 3.63) is 95.6 Å². The molecule has 0 aromatic heterocycles. The minimum Gasteiger partial charge on any atom is -0.497 e. The molecule has 2 atom stereocenters. The van der Waals surface area contributed by atoms with E-state index in [0.717, 1.165) is 22.9 Å². The van der Waals surface area contributed by atoms with Gasteiger partial charge >= 0.3 is 5.97 Å². The number of hydrogen-bond acceptors (Lipinski definition) is 7. The van der Waals surface area contributed by atoms with Crippen LogP contribution in [0.1, 0.15) is 34.0 Å². The summed E-state index contributed by atoms with van der Waals surface area (Å²) in [5.41, 5.74) is 2.16. The molecule has 34 heavy (non-hydrogen) atoms. The van der Waals surface area contributed by atoms with E-state index in [0.29, 0.717) is 23.5 Å². The molecule has 1 aliphatic heterocycles. The van der Waals surface area contributed by atoms with E-state index in [9.17, 15) is 14.4 Å². The molecule has 3 aromatic carbocycles. The molecule has 1 heterocycles. The number of benzene rings is 3. The van der Waals surface area contributed by atoms with Gasteiger partial charge in [0.05, 0.1) is 24.3 Å². The summed E-state index contributed by atoms with van der Waals surface area (Å²) in [6, 6.07) is 23.5. The van der Waals surface area contributed by atoms with E-state index in [-0.39, 0.29) is 29.2 Å². The fourth-order valence-corrected chi connectivity index (χ4v) is 4.63. The van der Waals surface area contributed by atoms with E-state index in [1.54, 1.807) is 31.4 Å². The molecule has 0 N–H and O–H groups in total. The molecule has 0 radical (unpaired) electrons. The van der Waals surface area contributed by atoms with Crippen LogP contribution >= 0.6 is 11.8 Å². The number of rotatable bonds is 9. The topological polar surface area (TPSA) is 78.9 Å². The summed E-state index contributed by atoms with van der Waals surface area (Å²) >= 11 is 1.11. The van der Waals surface area contributed by atoms with Gasteiger partial charge in [0.15, 0.2) is 17.0 Å². The van der Waals surface area contributed by atoms with E-state index >= 15 is 0 Å². The van der Waals surface area contributed by atoms with Gasteiger partial charge in [-0.25, -0.2) is 4.79 Å². The van der Waals surface area contributed by atoms with Gasteiger partial charge in [-0.15, -0.1) is 0 Å². The monoisotopic (exact) mass is 476 g/mol. The van der Waals surface area contributed by atoms with Gasteiger partial charge < -0.3 is 14.2 Å². The zero-order valence-corrected chi connectivity index (χ0v) is 19.5. The van der Waals surface area contributed by atoms with E-state index in [4.69, 9.17) is 14.2 Å². The third-order valence-corrected chi connectivity index (χ3v) is 6.54. The Morgan fingerprint density at radius 3 is 2.41 bits per heavy atom. The van der Waals surface area contributed by atoms with Crippen LogP contribution in [0.2, 0.25) is 0 Å². The summed E-state index contributed by atoms with van der Waals surface area (Å²) in [7, 11) is 1.58. The number of ether oxygens (including phenoxy) is 3. The molecule has 1 unspecified atom stereocenters. The number of thioether (sulfide) groups is 1. The Bertz CT molecular complexity index is 1160. The minimum absolute atomic E-state index is 0.0170. The lowest BCUT2D eigenvalue weighted by atomic mass is 10.1. The van der Waals surface area contributed by atoms with Crippen LogP contribution in [0.3, 0.4) is 0 Å². The van der Waals surface area contributed by atoms with Crippen molar-refractivity contribution < 1.29 is 28.6 Å². The molecule has 0 saturated carbocycles. The lowest BCUT2D eigenvalue weighted by Gasteiger charge is -2.20. The maximum absolute atomic E-state index is 12.7. The lowest BCUT2D eigenvalue weighted by molar-refractivity contribution is -0.121. The van der Waals surface area contributed by atoms with Gasteiger partial charge in [0, 0.05) is 0 Å². The minimum atomic E-state index is -0.652. The largest absolute Gasteiger partial charge is 0.497 e. The second-order valence-corrected chi connectivity index (χ2v) is 9.08. The first-order valence-corrected chi connectivity index (χ1v) is 11.7. The molecule has 6 nitrogen and oxygen atoms in total. The van der Waals surface area contributed by atoms with Crippen molar-refractivity contribution in [2.45, 2.75) is 24.2 Å². The van der Waals surface area contributed by atoms with Crippen molar-refractivity contribution in [1.29, 1.82) is 0 Å². The number of Topliss-reactive ketones (excluding diaryl/α,β-unsaturated/α-hetero) is 1. The Morgan fingerprint density at radius 2 is 1.74 bits per heavy atom. The molecule has 7 heteroatoms. The van der Waals surface area contributed by atoms with Crippen molar-refractivity contribution >= 4 is 28.6 Å². The van der Waals surface area contributed by atoms with E-state index in [2.05, 4.69) is 0 Å². The van der Waals surface area contributed by atoms with Crippen LogP contribution in [0, 0.1) is 0 Å². The van der Waals surface area contributed by atoms with Crippen molar-refractivity contribution in [3.63, 3.8) is 0 Å². The fourth-order valence-electron chi connectivity index (χ4n) is 3.60. The molecule has 0 spiro atoms. The fraction of sp³-hybridized carbons (Fsp3) is 0.222. The number of esters is 1. The molecule has 1 fully saturated rings. The zero-order valence-electron chi connectivity index (χ0n) is 18.6. The van der Waals surface area contributed by atoms with Crippen molar-refractivity contribution in [2.24, 2.45) is 0 Å². The van der Waals surface area contributed by atoms with Gasteiger partial charge in [0.1, 0.15) is 18.1 Å². The van der Waals surface area contributed by atoms with Gasteiger partial charge in [-0.2, -0.15) is 0 Å². The molecule has 0 bridgehead atoms. The summed E-state index contributed by atoms with van der Waals surface area (Å²) in [5, 5.41) is -0.377. The summed E-state index contributed by atoms with van der Waals surface area (Å²) < 4.78 is 17.0. The molecule has 0 amide bonds. The third kappa shape index (κ3) is 6.05. The Labute approximate surface area is 202 Å². The molecular formula is C27H24O6S. The SMILES string of the molecule is COc1cccc([C@@H](COc2ccc(CC3SC(=O)CC3=O)cc2)OC(=O)c2ccccc2)c1. The van der Waals surface area contributed by atoms with E-state index in [1.165, 1.54) is 0 Å². The first kappa shape index (κ1) is 23.6. The second-order valence-electron chi connectivity index (χ2n) is 7.82. The van der Waals surface area contributed by atoms with Crippen LogP contribution in [0.5, 0.6) is 11.5 Å². The third-order valence-electron chi connectivity index (χ3n) is 5.42. The predicted octanol–water partition coefficient (Wildman–Crippen LogP) is 4.82. The highest BCUT2D eigenvalue weighted by molar-refractivity contribution is 8.15.